The molecule has 0 aliphatic heterocycles. The molecule has 1 aromatic heterocycles. The molecule has 0 radical (unpaired) electrons. The second-order valence-electron chi connectivity index (χ2n) is 7.97. The first-order valence-electron chi connectivity index (χ1n) is 10.1. The van der Waals surface area contributed by atoms with Gasteiger partial charge in [-0.2, -0.15) is 0 Å². The van der Waals surface area contributed by atoms with Crippen molar-refractivity contribution in [3.05, 3.63) is 64.8 Å². The highest BCUT2D eigenvalue weighted by Crippen LogP contribution is 2.40. The minimum absolute atomic E-state index is 0.0107. The minimum atomic E-state index is -0.909. The van der Waals surface area contributed by atoms with Crippen LogP contribution in [0.3, 0.4) is 0 Å². The maximum Gasteiger partial charge on any atom is 0.335 e. The number of rotatable bonds is 5. The summed E-state index contributed by atoms with van der Waals surface area (Å²) < 4.78 is 12.3. The number of aromatic carboxylic acids is 1. The fraction of sp³-hybridized carbons (Fsp3) is 0.375. The Morgan fingerprint density at radius 2 is 1.86 bits per heavy atom. The molecule has 5 heteroatoms. The molecule has 29 heavy (non-hydrogen) atoms. The van der Waals surface area contributed by atoms with Gasteiger partial charge in [-0.3, -0.25) is 0 Å². The van der Waals surface area contributed by atoms with Gasteiger partial charge in [0.2, 0.25) is 0 Å². The lowest BCUT2D eigenvalue weighted by Gasteiger charge is -2.36. The molecule has 5 nitrogen and oxygen atoms in total. The van der Waals surface area contributed by atoms with E-state index in [0.717, 1.165) is 47.0 Å². The molecule has 1 aliphatic carbocycles. The normalized spacial score (nSPS) is 22.0. The van der Waals surface area contributed by atoms with E-state index in [1.807, 2.05) is 18.3 Å². The van der Waals surface area contributed by atoms with Gasteiger partial charge in [0.05, 0.1) is 17.2 Å². The van der Waals surface area contributed by atoms with Crippen LogP contribution in [0.4, 0.5) is 0 Å². The first kappa shape index (κ1) is 19.5. The first-order valence-corrected chi connectivity index (χ1v) is 10.1. The number of hydrogen-bond donors (Lipinski definition) is 2. The summed E-state index contributed by atoms with van der Waals surface area (Å²) in [6.07, 6.45) is 4.85. The summed E-state index contributed by atoms with van der Waals surface area (Å²) in [4.78, 5) is 14.5. The van der Waals surface area contributed by atoms with Gasteiger partial charge >= 0.3 is 5.97 Å². The number of aromatic amines is 1. The van der Waals surface area contributed by atoms with Gasteiger partial charge in [0.25, 0.3) is 0 Å². The summed E-state index contributed by atoms with van der Waals surface area (Å²) in [6, 6.07) is 11.4. The number of ether oxygens (including phenoxy) is 2. The molecule has 152 valence electrons. The topological polar surface area (TPSA) is 71.5 Å². The van der Waals surface area contributed by atoms with Crippen LogP contribution < -0.4 is 4.74 Å². The van der Waals surface area contributed by atoms with E-state index >= 15 is 0 Å². The molecule has 1 heterocycles. The van der Waals surface area contributed by atoms with Crippen LogP contribution in [0.15, 0.2) is 42.6 Å². The summed E-state index contributed by atoms with van der Waals surface area (Å²) in [7, 11) is 1.75. The molecule has 0 spiro atoms. The zero-order valence-electron chi connectivity index (χ0n) is 17.1. The van der Waals surface area contributed by atoms with Gasteiger partial charge in [-0.15, -0.1) is 0 Å². The van der Waals surface area contributed by atoms with Crippen LogP contribution in [0.5, 0.6) is 5.75 Å². The lowest BCUT2D eigenvalue weighted by atomic mass is 9.79. The van der Waals surface area contributed by atoms with E-state index in [9.17, 15) is 9.90 Å². The lowest BCUT2D eigenvalue weighted by molar-refractivity contribution is 0.0193. The van der Waals surface area contributed by atoms with E-state index in [4.69, 9.17) is 9.47 Å². The fourth-order valence-electron chi connectivity index (χ4n) is 4.55. The minimum Gasteiger partial charge on any atom is -0.489 e. The Morgan fingerprint density at radius 3 is 2.55 bits per heavy atom. The Balaban J connectivity index is 1.68. The highest BCUT2D eigenvalue weighted by Gasteiger charge is 2.34. The largest absolute Gasteiger partial charge is 0.489 e. The van der Waals surface area contributed by atoms with E-state index in [1.165, 1.54) is 5.56 Å². The molecule has 0 saturated heterocycles. The van der Waals surface area contributed by atoms with E-state index in [-0.39, 0.29) is 18.1 Å². The van der Waals surface area contributed by atoms with Crippen LogP contribution in [0.1, 0.15) is 52.2 Å². The third-order valence-corrected chi connectivity index (χ3v) is 6.10. The number of hydrogen-bond acceptors (Lipinski definition) is 3. The monoisotopic (exact) mass is 393 g/mol. The van der Waals surface area contributed by atoms with Crippen molar-refractivity contribution in [3.8, 4) is 5.75 Å². The highest BCUT2D eigenvalue weighted by molar-refractivity contribution is 5.90. The Morgan fingerprint density at radius 1 is 1.10 bits per heavy atom. The predicted molar refractivity (Wildman–Crippen MR) is 113 cm³/mol. The number of aryl methyl sites for hydroxylation is 2. The molecular formula is C24H27NO4. The molecule has 1 fully saturated rings. The van der Waals surface area contributed by atoms with Gasteiger partial charge in [0.15, 0.2) is 0 Å². The number of methoxy groups -OCH3 is 1. The van der Waals surface area contributed by atoms with Crippen molar-refractivity contribution in [1.82, 2.24) is 4.98 Å². The van der Waals surface area contributed by atoms with Crippen LogP contribution in [0, 0.1) is 13.8 Å². The number of H-pyrrole nitrogens is 1. The van der Waals surface area contributed by atoms with Crippen molar-refractivity contribution in [2.75, 3.05) is 7.11 Å². The predicted octanol–water partition coefficient (Wildman–Crippen LogP) is 5.21. The third-order valence-electron chi connectivity index (χ3n) is 6.10. The van der Waals surface area contributed by atoms with Gasteiger partial charge in [-0.05, 0) is 68.0 Å². The average Bonchev–Trinajstić information content (AvgIpc) is 3.21. The third kappa shape index (κ3) is 3.75. The maximum atomic E-state index is 11.2. The lowest BCUT2D eigenvalue weighted by Crippen LogP contribution is -2.35. The molecular weight excluding hydrogens is 366 g/mol. The number of benzene rings is 2. The van der Waals surface area contributed by atoms with Crippen LogP contribution >= 0.6 is 0 Å². The quantitative estimate of drug-likeness (QED) is 0.624. The number of nitrogens with one attached hydrogen (secondary N) is 1. The Labute approximate surface area is 170 Å². The van der Waals surface area contributed by atoms with Gasteiger partial charge in [0, 0.05) is 24.6 Å². The van der Waals surface area contributed by atoms with Crippen LogP contribution in [0.25, 0.3) is 10.9 Å². The van der Waals surface area contributed by atoms with Crippen molar-refractivity contribution in [2.24, 2.45) is 0 Å². The zero-order chi connectivity index (χ0) is 20.5. The van der Waals surface area contributed by atoms with Crippen molar-refractivity contribution in [3.63, 3.8) is 0 Å². The van der Waals surface area contributed by atoms with Gasteiger partial charge in [-0.25, -0.2) is 4.79 Å². The maximum absolute atomic E-state index is 11.2. The smallest absolute Gasteiger partial charge is 0.335 e. The zero-order valence-corrected chi connectivity index (χ0v) is 17.1. The molecule has 0 unspecified atom stereocenters. The molecule has 3 aromatic rings. The molecule has 1 aliphatic rings. The Kier molecular flexibility index (Phi) is 5.33. The SMILES string of the molecule is CO[C@@H]1CC[C@@H](Oc2c(C)cc(C)c3[nH]ccc23)[C@H](c2ccc(C(=O)O)cc2)C1. The van der Waals surface area contributed by atoms with Gasteiger partial charge in [0.1, 0.15) is 11.9 Å². The number of carboxylic acid groups (broad SMARTS) is 1. The van der Waals surface area contributed by atoms with Crippen molar-refractivity contribution >= 4 is 16.9 Å². The summed E-state index contributed by atoms with van der Waals surface area (Å²) >= 11 is 0. The number of carboxylic acids is 1. The van der Waals surface area contributed by atoms with E-state index in [0.29, 0.717) is 5.56 Å². The fourth-order valence-corrected chi connectivity index (χ4v) is 4.55. The van der Waals surface area contributed by atoms with Gasteiger partial charge in [-0.1, -0.05) is 18.2 Å². The summed E-state index contributed by atoms with van der Waals surface area (Å²) in [5.41, 5.74) is 4.84. The van der Waals surface area contributed by atoms with Crippen molar-refractivity contribution < 1.29 is 19.4 Å². The van der Waals surface area contributed by atoms with Crippen molar-refractivity contribution in [2.45, 2.75) is 51.2 Å². The van der Waals surface area contributed by atoms with Crippen LogP contribution in [0.2, 0.25) is 0 Å². The summed E-state index contributed by atoms with van der Waals surface area (Å²) in [5.74, 6) is 0.166. The molecule has 2 N–H and O–H groups in total. The van der Waals surface area contributed by atoms with E-state index < -0.39 is 5.97 Å². The van der Waals surface area contributed by atoms with Gasteiger partial charge < -0.3 is 19.6 Å². The molecule has 0 amide bonds. The molecule has 1 saturated carbocycles. The van der Waals surface area contributed by atoms with E-state index in [1.54, 1.807) is 19.2 Å². The Hall–Kier alpha value is -2.79. The second kappa shape index (κ2) is 7.91. The highest BCUT2D eigenvalue weighted by atomic mass is 16.5. The average molecular weight is 393 g/mol. The van der Waals surface area contributed by atoms with E-state index in [2.05, 4.69) is 31.0 Å². The van der Waals surface area contributed by atoms with Crippen LogP contribution in [-0.4, -0.2) is 35.4 Å². The summed E-state index contributed by atoms with van der Waals surface area (Å²) in [5, 5.41) is 10.3. The number of carbonyl (C=O) groups is 1. The standard InChI is InChI=1S/C24H27NO4/c1-14-12-15(2)23(19-10-11-25-22(14)19)29-21-9-8-18(28-3)13-20(21)16-4-6-17(7-5-16)24(26)27/h4-7,10-12,18,20-21,25H,8-9,13H2,1-3H3,(H,26,27)/t18-,20+,21-/m1/s1. The number of fused-ring (bicyclic) bond motifs is 1. The molecule has 3 atom stereocenters. The molecule has 0 bridgehead atoms. The molecule has 2 aromatic carbocycles. The first-order chi connectivity index (χ1) is 14.0. The van der Waals surface area contributed by atoms with Crippen molar-refractivity contribution in [1.29, 1.82) is 0 Å². The van der Waals surface area contributed by atoms with Crippen LogP contribution in [-0.2, 0) is 4.74 Å². The summed E-state index contributed by atoms with van der Waals surface area (Å²) in [6.45, 7) is 4.19. The Bertz CT molecular complexity index is 1020. The molecule has 4 rings (SSSR count). The second-order valence-corrected chi connectivity index (χ2v) is 7.97. The number of aromatic nitrogens is 1.